The molecule has 1 atom stereocenters. The van der Waals surface area contributed by atoms with Crippen LogP contribution in [0.4, 0.5) is 5.69 Å². The fourth-order valence-corrected chi connectivity index (χ4v) is 2.07. The van der Waals surface area contributed by atoms with E-state index in [1.165, 1.54) is 0 Å². The summed E-state index contributed by atoms with van der Waals surface area (Å²) in [7, 11) is 0. The molecule has 2 rings (SSSR count). The van der Waals surface area contributed by atoms with Crippen molar-refractivity contribution in [2.24, 2.45) is 0 Å². The van der Waals surface area contributed by atoms with E-state index in [-0.39, 0.29) is 12.5 Å². The van der Waals surface area contributed by atoms with Crippen LogP contribution in [-0.4, -0.2) is 28.7 Å². The van der Waals surface area contributed by atoms with Crippen LogP contribution in [0.3, 0.4) is 0 Å². The van der Waals surface area contributed by atoms with Crippen molar-refractivity contribution in [3.63, 3.8) is 0 Å². The fourth-order valence-electron chi connectivity index (χ4n) is 1.83. The molecule has 118 valence electrons. The van der Waals surface area contributed by atoms with E-state index >= 15 is 0 Å². The molecule has 0 fully saturated rings. The summed E-state index contributed by atoms with van der Waals surface area (Å²) in [5.74, 6) is 1.36. The Bertz CT molecular complexity index is 605. The summed E-state index contributed by atoms with van der Waals surface area (Å²) in [6, 6.07) is 12.3. The maximum Gasteiger partial charge on any atom is 0.133 e. The lowest BCUT2D eigenvalue weighted by atomic mass is 10.2. The first-order valence-corrected chi connectivity index (χ1v) is 7.68. The van der Waals surface area contributed by atoms with Crippen molar-refractivity contribution >= 4 is 28.9 Å². The van der Waals surface area contributed by atoms with Crippen LogP contribution in [-0.2, 0) is 6.61 Å². The Balaban J connectivity index is 2.10. The van der Waals surface area contributed by atoms with Crippen molar-refractivity contribution in [1.29, 1.82) is 0 Å². The molecule has 0 aliphatic heterocycles. The van der Waals surface area contributed by atoms with E-state index < -0.39 is 6.10 Å². The molecule has 2 aromatic carbocycles. The number of aliphatic hydroxyl groups excluding tert-OH is 2. The molecule has 0 radical (unpaired) electrons. The third-order valence-corrected chi connectivity index (χ3v) is 3.60. The molecule has 0 bridgehead atoms. The van der Waals surface area contributed by atoms with Gasteiger partial charge in [-0.3, -0.25) is 0 Å². The number of aliphatic hydroxyl groups is 2. The molecule has 3 N–H and O–H groups in total. The van der Waals surface area contributed by atoms with Gasteiger partial charge in [0.1, 0.15) is 11.5 Å². The molecule has 0 saturated heterocycles. The first kappa shape index (κ1) is 16.9. The molecule has 2 aromatic rings. The van der Waals surface area contributed by atoms with E-state index in [1.54, 1.807) is 36.4 Å². The fraction of sp³-hybridized carbons (Fsp3) is 0.250. The number of benzene rings is 2. The van der Waals surface area contributed by atoms with Gasteiger partial charge in [-0.1, -0.05) is 11.6 Å². The van der Waals surface area contributed by atoms with Gasteiger partial charge in [0.2, 0.25) is 0 Å². The van der Waals surface area contributed by atoms with Crippen molar-refractivity contribution in [2.75, 3.05) is 17.7 Å². The first-order chi connectivity index (χ1) is 10.6. The number of rotatable bonds is 7. The van der Waals surface area contributed by atoms with E-state index in [4.69, 9.17) is 27.9 Å². The average Bonchev–Trinajstić information content (AvgIpc) is 2.55. The molecule has 0 aromatic heterocycles. The van der Waals surface area contributed by atoms with Gasteiger partial charge in [-0.25, -0.2) is 0 Å². The highest BCUT2D eigenvalue weighted by Gasteiger charge is 2.07. The molecule has 0 heterocycles. The third-order valence-electron chi connectivity index (χ3n) is 2.99. The minimum absolute atomic E-state index is 0.156. The van der Waals surface area contributed by atoms with Crippen LogP contribution in [0.5, 0.6) is 11.5 Å². The molecular weight excluding hydrogens is 325 g/mol. The lowest BCUT2D eigenvalue weighted by Crippen LogP contribution is -2.20. The van der Waals surface area contributed by atoms with E-state index in [2.05, 4.69) is 5.32 Å². The number of alkyl halides is 1. The van der Waals surface area contributed by atoms with Crippen LogP contribution in [0, 0.1) is 0 Å². The average molecular weight is 342 g/mol. The smallest absolute Gasteiger partial charge is 0.133 e. The minimum Gasteiger partial charge on any atom is -0.457 e. The normalized spacial score (nSPS) is 12.0. The van der Waals surface area contributed by atoms with E-state index in [0.717, 1.165) is 5.69 Å². The number of hydrogen-bond acceptors (Lipinski definition) is 4. The summed E-state index contributed by atoms with van der Waals surface area (Å²) in [6.45, 7) is 0.183. The topological polar surface area (TPSA) is 61.7 Å². The molecule has 0 aliphatic rings. The monoisotopic (exact) mass is 341 g/mol. The summed E-state index contributed by atoms with van der Waals surface area (Å²) in [5.41, 5.74) is 1.41. The number of ether oxygens (including phenoxy) is 1. The highest BCUT2D eigenvalue weighted by atomic mass is 35.5. The second-order valence-electron chi connectivity index (χ2n) is 4.73. The van der Waals surface area contributed by atoms with Gasteiger partial charge in [0.25, 0.3) is 0 Å². The van der Waals surface area contributed by atoms with E-state index in [0.29, 0.717) is 28.6 Å². The quantitative estimate of drug-likeness (QED) is 0.673. The van der Waals surface area contributed by atoms with Gasteiger partial charge >= 0.3 is 0 Å². The highest BCUT2D eigenvalue weighted by molar-refractivity contribution is 6.30. The Hall–Kier alpha value is -1.46. The predicted molar refractivity (Wildman–Crippen MR) is 89.1 cm³/mol. The van der Waals surface area contributed by atoms with Gasteiger partial charge < -0.3 is 20.3 Å². The molecule has 0 spiro atoms. The van der Waals surface area contributed by atoms with Crippen molar-refractivity contribution < 1.29 is 14.9 Å². The van der Waals surface area contributed by atoms with Crippen LogP contribution in [0.15, 0.2) is 42.5 Å². The molecule has 0 saturated carbocycles. The van der Waals surface area contributed by atoms with Gasteiger partial charge in [0, 0.05) is 22.8 Å². The zero-order valence-electron chi connectivity index (χ0n) is 11.8. The summed E-state index contributed by atoms with van der Waals surface area (Å²) in [5, 5.41) is 22.6. The van der Waals surface area contributed by atoms with Crippen LogP contribution >= 0.6 is 23.2 Å². The number of anilines is 1. The second kappa shape index (κ2) is 8.25. The predicted octanol–water partition coefficient (Wildman–Crippen LogP) is 3.64. The number of nitrogens with one attached hydrogen (secondary N) is 1. The molecule has 1 unspecified atom stereocenters. The number of hydrogen-bond donors (Lipinski definition) is 3. The Labute approximate surface area is 139 Å². The molecular formula is C16H17Cl2NO3. The van der Waals surface area contributed by atoms with Gasteiger partial charge in [0.15, 0.2) is 0 Å². The molecule has 4 nitrogen and oxygen atoms in total. The van der Waals surface area contributed by atoms with Gasteiger partial charge in [0.05, 0.1) is 18.6 Å². The molecule has 6 heteroatoms. The summed E-state index contributed by atoms with van der Waals surface area (Å²) < 4.78 is 5.74. The third kappa shape index (κ3) is 4.78. The van der Waals surface area contributed by atoms with E-state index in [1.807, 2.05) is 6.07 Å². The maximum absolute atomic E-state index is 9.49. The minimum atomic E-state index is -0.621. The summed E-state index contributed by atoms with van der Waals surface area (Å²) >= 11 is 11.4. The van der Waals surface area contributed by atoms with Crippen molar-refractivity contribution in [2.45, 2.75) is 12.7 Å². The van der Waals surface area contributed by atoms with Crippen molar-refractivity contribution in [3.8, 4) is 11.5 Å². The van der Waals surface area contributed by atoms with Gasteiger partial charge in [-0.2, -0.15) is 0 Å². The first-order valence-electron chi connectivity index (χ1n) is 6.77. The molecule has 0 aliphatic carbocycles. The zero-order chi connectivity index (χ0) is 15.9. The summed E-state index contributed by atoms with van der Waals surface area (Å²) in [4.78, 5) is 0. The second-order valence-corrected chi connectivity index (χ2v) is 5.47. The largest absolute Gasteiger partial charge is 0.457 e. The lowest BCUT2D eigenvalue weighted by Gasteiger charge is -2.14. The lowest BCUT2D eigenvalue weighted by molar-refractivity contribution is 0.211. The maximum atomic E-state index is 9.49. The van der Waals surface area contributed by atoms with Crippen LogP contribution in [0.1, 0.15) is 5.56 Å². The SMILES string of the molecule is OCc1cc(NCC(O)CCl)ccc1Oc1ccc(Cl)cc1. The molecule has 22 heavy (non-hydrogen) atoms. The Morgan fingerprint density at radius 3 is 2.50 bits per heavy atom. The zero-order valence-corrected chi connectivity index (χ0v) is 13.3. The summed E-state index contributed by atoms with van der Waals surface area (Å²) in [6.07, 6.45) is -0.621. The Kier molecular flexibility index (Phi) is 6.34. The van der Waals surface area contributed by atoms with E-state index in [9.17, 15) is 10.2 Å². The number of halogens is 2. The molecule has 0 amide bonds. The van der Waals surface area contributed by atoms with Crippen LogP contribution in [0.25, 0.3) is 0 Å². The van der Waals surface area contributed by atoms with Crippen molar-refractivity contribution in [1.82, 2.24) is 0 Å². The standard InChI is InChI=1S/C16H17Cl2NO3/c17-8-14(21)9-19-13-3-6-16(11(7-13)10-20)22-15-4-1-12(18)2-5-15/h1-7,14,19-21H,8-10H2. The van der Waals surface area contributed by atoms with Crippen LogP contribution < -0.4 is 10.1 Å². The highest BCUT2D eigenvalue weighted by Crippen LogP contribution is 2.28. The van der Waals surface area contributed by atoms with Crippen molar-refractivity contribution in [3.05, 3.63) is 53.1 Å². The Morgan fingerprint density at radius 2 is 1.86 bits per heavy atom. The van der Waals surface area contributed by atoms with Gasteiger partial charge in [-0.05, 0) is 42.5 Å². The van der Waals surface area contributed by atoms with Crippen LogP contribution in [0.2, 0.25) is 5.02 Å². The van der Waals surface area contributed by atoms with Gasteiger partial charge in [-0.15, -0.1) is 11.6 Å². The Morgan fingerprint density at radius 1 is 1.14 bits per heavy atom.